The zero-order chi connectivity index (χ0) is 32.1. The molecule has 0 radical (unpaired) electrons. The van der Waals surface area contributed by atoms with Crippen LogP contribution >= 0.6 is 0 Å². The van der Waals surface area contributed by atoms with Gasteiger partial charge in [0.25, 0.3) is 0 Å². The summed E-state index contributed by atoms with van der Waals surface area (Å²) in [5, 5.41) is 10.4. The minimum Gasteiger partial charge on any atom is -0.491 e. The lowest BCUT2D eigenvalue weighted by Crippen LogP contribution is -2.25. The second-order valence-corrected chi connectivity index (χ2v) is 13.9. The molecule has 0 spiro atoms. The lowest BCUT2D eigenvalue weighted by atomic mass is 9.78. The average Bonchev–Trinajstić information content (AvgIpc) is 4.01. The third-order valence-electron chi connectivity index (χ3n) is 7.98. The van der Waals surface area contributed by atoms with Gasteiger partial charge in [-0.2, -0.15) is 0 Å². The van der Waals surface area contributed by atoms with Crippen LogP contribution in [0.15, 0.2) is 107 Å². The van der Waals surface area contributed by atoms with E-state index in [1.165, 1.54) is 24.3 Å². The van der Waals surface area contributed by atoms with Crippen molar-refractivity contribution in [2.24, 2.45) is 0 Å². The normalized spacial score (nSPS) is 18.0. The fourth-order valence-electron chi connectivity index (χ4n) is 4.81. The van der Waals surface area contributed by atoms with E-state index in [-0.39, 0.29) is 40.6 Å². The molecule has 0 amide bonds. The summed E-state index contributed by atoms with van der Waals surface area (Å²) < 4.78 is 59.2. The molecule has 9 nitrogen and oxygen atoms in total. The van der Waals surface area contributed by atoms with Crippen LogP contribution in [0.3, 0.4) is 0 Å². The summed E-state index contributed by atoms with van der Waals surface area (Å²) in [5.41, 5.74) is 2.05. The largest absolute Gasteiger partial charge is 0.491 e. The van der Waals surface area contributed by atoms with Gasteiger partial charge in [0.15, 0.2) is 0 Å². The van der Waals surface area contributed by atoms with Crippen molar-refractivity contribution >= 4 is 9.84 Å². The number of rotatable bonds is 16. The van der Waals surface area contributed by atoms with Crippen molar-refractivity contribution in [2.45, 2.75) is 47.4 Å². The molecular weight excluding hydrogens is 608 g/mol. The molecule has 4 aromatic rings. The second kappa shape index (κ2) is 13.7. The van der Waals surface area contributed by atoms with E-state index in [1.807, 2.05) is 36.4 Å². The number of epoxide rings is 2. The van der Waals surface area contributed by atoms with Gasteiger partial charge in [0.2, 0.25) is 9.84 Å². The maximum Gasteiger partial charge on any atom is 0.206 e. The summed E-state index contributed by atoms with van der Waals surface area (Å²) in [5.74, 6) is 2.49. The number of sulfone groups is 1. The van der Waals surface area contributed by atoms with E-state index in [2.05, 4.69) is 26.0 Å². The Kier molecular flexibility index (Phi) is 9.51. The second-order valence-electron chi connectivity index (χ2n) is 11.9. The Hall–Kier alpha value is -4.09. The van der Waals surface area contributed by atoms with Crippen LogP contribution < -0.4 is 18.9 Å². The van der Waals surface area contributed by atoms with Crippen LogP contribution in [-0.4, -0.2) is 71.5 Å². The van der Waals surface area contributed by atoms with E-state index in [4.69, 9.17) is 28.4 Å². The van der Waals surface area contributed by atoms with Gasteiger partial charge in [0.1, 0.15) is 67.7 Å². The third kappa shape index (κ3) is 8.19. The molecule has 242 valence electrons. The Balaban J connectivity index is 0.955. The molecule has 1 N–H and O–H groups in total. The van der Waals surface area contributed by atoms with Gasteiger partial charge in [-0.15, -0.1) is 0 Å². The highest BCUT2D eigenvalue weighted by Crippen LogP contribution is 2.33. The highest BCUT2D eigenvalue weighted by atomic mass is 32.2. The molecule has 6 rings (SSSR count). The van der Waals surface area contributed by atoms with E-state index in [1.54, 1.807) is 24.3 Å². The molecule has 46 heavy (non-hydrogen) atoms. The molecule has 2 fully saturated rings. The van der Waals surface area contributed by atoms with Crippen molar-refractivity contribution in [2.75, 3.05) is 39.6 Å². The van der Waals surface area contributed by atoms with Crippen LogP contribution in [0.25, 0.3) is 0 Å². The zero-order valence-electron chi connectivity index (χ0n) is 25.8. The summed E-state index contributed by atoms with van der Waals surface area (Å²) in [7, 11) is -3.71. The summed E-state index contributed by atoms with van der Waals surface area (Å²) in [4.78, 5) is 0.306. The molecule has 2 aliphatic rings. The SMILES string of the molecule is CC(C)(c1ccc(OCC(O)COc2ccc(S(=O)(=O)c3ccc(OCC4CO4)cc3)cc2)cc1)c1ccc(OCC2CO2)cc1. The Morgan fingerprint density at radius 3 is 1.30 bits per heavy atom. The highest BCUT2D eigenvalue weighted by Gasteiger charge is 2.26. The van der Waals surface area contributed by atoms with Gasteiger partial charge in [-0.1, -0.05) is 38.1 Å². The summed E-state index contributed by atoms with van der Waals surface area (Å²) in [6.45, 7) is 6.85. The maximum absolute atomic E-state index is 13.1. The Bertz CT molecular complexity index is 1680. The van der Waals surface area contributed by atoms with Crippen LogP contribution in [-0.2, 0) is 24.7 Å². The molecule has 3 atom stereocenters. The smallest absolute Gasteiger partial charge is 0.206 e. The highest BCUT2D eigenvalue weighted by molar-refractivity contribution is 7.91. The minimum atomic E-state index is -3.71. The predicted octanol–water partition coefficient (Wildman–Crippen LogP) is 5.22. The van der Waals surface area contributed by atoms with Crippen molar-refractivity contribution in [3.8, 4) is 23.0 Å². The van der Waals surface area contributed by atoms with E-state index in [0.717, 1.165) is 23.5 Å². The molecule has 0 aromatic heterocycles. The number of hydrogen-bond donors (Lipinski definition) is 1. The van der Waals surface area contributed by atoms with Crippen LogP contribution in [0.5, 0.6) is 23.0 Å². The van der Waals surface area contributed by atoms with Gasteiger partial charge in [-0.05, 0) is 83.9 Å². The van der Waals surface area contributed by atoms with Gasteiger partial charge in [0, 0.05) is 5.41 Å². The molecule has 2 saturated heterocycles. The Morgan fingerprint density at radius 1 is 0.630 bits per heavy atom. The monoisotopic (exact) mass is 646 g/mol. The molecule has 0 bridgehead atoms. The fourth-order valence-corrected chi connectivity index (χ4v) is 6.07. The van der Waals surface area contributed by atoms with Crippen molar-refractivity contribution in [1.29, 1.82) is 0 Å². The van der Waals surface area contributed by atoms with Crippen molar-refractivity contribution in [3.05, 3.63) is 108 Å². The number of hydrogen-bond acceptors (Lipinski definition) is 9. The topological polar surface area (TPSA) is 116 Å². The lowest BCUT2D eigenvalue weighted by Gasteiger charge is -2.26. The van der Waals surface area contributed by atoms with E-state index < -0.39 is 15.9 Å². The van der Waals surface area contributed by atoms with Crippen molar-refractivity contribution in [3.63, 3.8) is 0 Å². The first-order valence-corrected chi connectivity index (χ1v) is 16.7. The quantitative estimate of drug-likeness (QED) is 0.164. The summed E-state index contributed by atoms with van der Waals surface area (Å²) in [6, 6.07) is 28.4. The first-order chi connectivity index (χ1) is 22.2. The first kappa shape index (κ1) is 31.9. The van der Waals surface area contributed by atoms with Crippen molar-refractivity contribution < 1.29 is 41.9 Å². The molecule has 2 heterocycles. The summed E-state index contributed by atoms with van der Waals surface area (Å²) >= 11 is 0. The number of aliphatic hydroxyl groups excluding tert-OH is 1. The van der Waals surface area contributed by atoms with Gasteiger partial charge in [0.05, 0.1) is 23.0 Å². The van der Waals surface area contributed by atoms with Crippen LogP contribution in [0, 0.1) is 0 Å². The van der Waals surface area contributed by atoms with Gasteiger partial charge in [-0.3, -0.25) is 0 Å². The minimum absolute atomic E-state index is 0.0159. The summed E-state index contributed by atoms with van der Waals surface area (Å²) in [6.07, 6.45) is -0.544. The average molecular weight is 647 g/mol. The number of benzene rings is 4. The van der Waals surface area contributed by atoms with Crippen LogP contribution in [0.4, 0.5) is 0 Å². The lowest BCUT2D eigenvalue weighted by molar-refractivity contribution is 0.0626. The van der Waals surface area contributed by atoms with Gasteiger partial charge >= 0.3 is 0 Å². The number of aliphatic hydroxyl groups is 1. The third-order valence-corrected chi connectivity index (χ3v) is 9.77. The fraction of sp³-hybridized carbons (Fsp3) is 0.333. The molecule has 3 unspecified atom stereocenters. The molecule has 4 aromatic carbocycles. The molecule has 10 heteroatoms. The zero-order valence-corrected chi connectivity index (χ0v) is 26.7. The number of ether oxygens (including phenoxy) is 6. The predicted molar refractivity (Wildman–Crippen MR) is 171 cm³/mol. The van der Waals surface area contributed by atoms with Gasteiger partial charge in [-0.25, -0.2) is 8.42 Å². The van der Waals surface area contributed by atoms with E-state index >= 15 is 0 Å². The van der Waals surface area contributed by atoms with E-state index in [9.17, 15) is 13.5 Å². The van der Waals surface area contributed by atoms with Crippen LogP contribution in [0.2, 0.25) is 0 Å². The molecular formula is C36H38O9S. The Labute approximate surface area is 269 Å². The molecule has 0 saturated carbocycles. The van der Waals surface area contributed by atoms with Crippen molar-refractivity contribution in [1.82, 2.24) is 0 Å². The standard InChI is InChI=1S/C36H38O9S/c1-36(2,26-5-9-29(10-6-26)42-21-32-23-44-32)25-3-7-28(8-4-25)40-19-27(37)20-41-30-11-15-34(16-12-30)46(38,39)35-17-13-31(14-18-35)43-22-33-24-45-33/h3-18,27,32-33,37H,19-24H2,1-2H3. The van der Waals surface area contributed by atoms with E-state index in [0.29, 0.717) is 37.1 Å². The Morgan fingerprint density at radius 2 is 0.957 bits per heavy atom. The molecule has 0 aliphatic carbocycles. The first-order valence-electron chi connectivity index (χ1n) is 15.3. The molecule has 2 aliphatic heterocycles. The van der Waals surface area contributed by atoms with Crippen LogP contribution in [0.1, 0.15) is 25.0 Å². The van der Waals surface area contributed by atoms with Gasteiger partial charge < -0.3 is 33.5 Å². The maximum atomic E-state index is 13.1.